The zero-order chi connectivity index (χ0) is 16.7. The average Bonchev–Trinajstić information content (AvgIpc) is 2.51. The quantitative estimate of drug-likeness (QED) is 0.719. The van der Waals surface area contributed by atoms with E-state index in [0.29, 0.717) is 22.4 Å². The number of nitrogens with zero attached hydrogens (tertiary/aromatic N) is 1. The second-order valence-corrected chi connectivity index (χ2v) is 6.46. The molecule has 0 heterocycles. The van der Waals surface area contributed by atoms with E-state index in [-0.39, 0.29) is 0 Å². The molecule has 3 nitrogen and oxygen atoms in total. The van der Waals surface area contributed by atoms with E-state index in [1.165, 1.54) is 0 Å². The maximum absolute atomic E-state index is 6.32. The van der Waals surface area contributed by atoms with E-state index < -0.39 is 0 Å². The third kappa shape index (κ3) is 6.04. The van der Waals surface area contributed by atoms with Crippen molar-refractivity contribution in [3.8, 4) is 5.75 Å². The fraction of sp³-hybridized carbons (Fsp3) is 0.333. The van der Waals surface area contributed by atoms with Crippen LogP contribution < -0.4 is 10.1 Å². The van der Waals surface area contributed by atoms with Gasteiger partial charge in [0, 0.05) is 19.6 Å². The highest BCUT2D eigenvalue weighted by Crippen LogP contribution is 2.34. The molecular formula is C18H22Cl2N2O. The first-order valence-electron chi connectivity index (χ1n) is 7.56. The lowest BCUT2D eigenvalue weighted by Crippen LogP contribution is -2.26. The van der Waals surface area contributed by atoms with Gasteiger partial charge in [0.1, 0.15) is 6.61 Å². The maximum Gasteiger partial charge on any atom is 0.156 e. The Morgan fingerprint density at radius 3 is 2.26 bits per heavy atom. The number of rotatable bonds is 8. The van der Waals surface area contributed by atoms with Gasteiger partial charge in [0.25, 0.3) is 0 Å². The minimum Gasteiger partial charge on any atom is -0.486 e. The molecular weight excluding hydrogens is 331 g/mol. The Bertz CT molecular complexity index is 595. The van der Waals surface area contributed by atoms with E-state index in [2.05, 4.69) is 10.2 Å². The van der Waals surface area contributed by atoms with Crippen LogP contribution >= 0.6 is 23.2 Å². The second kappa shape index (κ2) is 9.14. The van der Waals surface area contributed by atoms with Crippen LogP contribution in [0.1, 0.15) is 11.1 Å². The Morgan fingerprint density at radius 2 is 1.65 bits per heavy atom. The number of benzene rings is 2. The van der Waals surface area contributed by atoms with Crippen molar-refractivity contribution in [2.24, 2.45) is 0 Å². The number of hydrogen-bond acceptors (Lipinski definition) is 3. The van der Waals surface area contributed by atoms with Crippen molar-refractivity contribution in [2.45, 2.75) is 13.2 Å². The Labute approximate surface area is 148 Å². The minimum absolute atomic E-state index is 0.445. The lowest BCUT2D eigenvalue weighted by molar-refractivity contribution is 0.306. The van der Waals surface area contributed by atoms with Crippen LogP contribution in [0.25, 0.3) is 0 Å². The van der Waals surface area contributed by atoms with E-state index >= 15 is 0 Å². The smallest absolute Gasteiger partial charge is 0.156 e. The Kier molecular flexibility index (Phi) is 7.18. The van der Waals surface area contributed by atoms with Crippen molar-refractivity contribution < 1.29 is 4.74 Å². The molecule has 0 unspecified atom stereocenters. The molecule has 0 fully saturated rings. The molecule has 2 aromatic rings. The molecule has 0 spiro atoms. The maximum atomic E-state index is 6.32. The fourth-order valence-electron chi connectivity index (χ4n) is 2.12. The molecule has 1 N–H and O–H groups in total. The second-order valence-electron chi connectivity index (χ2n) is 5.64. The van der Waals surface area contributed by atoms with Crippen LogP contribution in [0.4, 0.5) is 0 Å². The van der Waals surface area contributed by atoms with Crippen LogP contribution in [-0.4, -0.2) is 32.1 Å². The first-order chi connectivity index (χ1) is 11.1. The first kappa shape index (κ1) is 18.1. The Hall–Kier alpha value is -1.26. The summed E-state index contributed by atoms with van der Waals surface area (Å²) < 4.78 is 5.77. The summed E-state index contributed by atoms with van der Waals surface area (Å²) in [5.41, 5.74) is 2.12. The molecule has 0 aromatic heterocycles. The topological polar surface area (TPSA) is 24.5 Å². The van der Waals surface area contributed by atoms with Gasteiger partial charge in [0.2, 0.25) is 0 Å². The lowest BCUT2D eigenvalue weighted by atomic mass is 10.2. The normalized spacial score (nSPS) is 11.0. The molecule has 5 heteroatoms. The molecule has 0 amide bonds. The summed E-state index contributed by atoms with van der Waals surface area (Å²) in [4.78, 5) is 2.13. The van der Waals surface area contributed by atoms with E-state index in [1.54, 1.807) is 0 Å². The highest BCUT2D eigenvalue weighted by molar-refractivity contribution is 6.37. The van der Waals surface area contributed by atoms with Gasteiger partial charge in [-0.2, -0.15) is 0 Å². The Morgan fingerprint density at radius 1 is 1.00 bits per heavy atom. The van der Waals surface area contributed by atoms with Gasteiger partial charge in [0.15, 0.2) is 5.75 Å². The largest absolute Gasteiger partial charge is 0.486 e. The van der Waals surface area contributed by atoms with Gasteiger partial charge in [-0.3, -0.25) is 0 Å². The first-order valence-corrected chi connectivity index (χ1v) is 8.32. The number of hydrogen-bond donors (Lipinski definition) is 1. The van der Waals surface area contributed by atoms with E-state index in [4.69, 9.17) is 27.9 Å². The number of likely N-dealkylation sites (N-methyl/N-ethyl adjacent to an activating group) is 1. The monoisotopic (exact) mass is 352 g/mol. The summed E-state index contributed by atoms with van der Waals surface area (Å²) in [6.45, 7) is 3.07. The number of halogens is 2. The van der Waals surface area contributed by atoms with Gasteiger partial charge >= 0.3 is 0 Å². The number of nitrogens with one attached hydrogen (secondary N) is 1. The van der Waals surface area contributed by atoms with Gasteiger partial charge in [-0.25, -0.2) is 0 Å². The lowest BCUT2D eigenvalue weighted by Gasteiger charge is -2.13. The van der Waals surface area contributed by atoms with Crippen molar-refractivity contribution in [1.29, 1.82) is 0 Å². The summed E-state index contributed by atoms with van der Waals surface area (Å²) in [5, 5.41) is 4.44. The molecule has 0 aliphatic carbocycles. The van der Waals surface area contributed by atoms with Crippen molar-refractivity contribution in [1.82, 2.24) is 10.2 Å². The molecule has 2 aromatic carbocycles. The molecule has 0 saturated heterocycles. The molecule has 23 heavy (non-hydrogen) atoms. The zero-order valence-corrected chi connectivity index (χ0v) is 15.0. The van der Waals surface area contributed by atoms with Crippen molar-refractivity contribution in [2.75, 3.05) is 27.2 Å². The summed E-state index contributed by atoms with van der Waals surface area (Å²) >= 11 is 12.6. The van der Waals surface area contributed by atoms with E-state index in [1.807, 2.05) is 56.6 Å². The summed E-state index contributed by atoms with van der Waals surface area (Å²) in [7, 11) is 4.10. The van der Waals surface area contributed by atoms with Gasteiger partial charge in [-0.05, 0) is 37.4 Å². The third-order valence-corrected chi connectivity index (χ3v) is 3.91. The van der Waals surface area contributed by atoms with Crippen LogP contribution in [0.3, 0.4) is 0 Å². The minimum atomic E-state index is 0.445. The summed E-state index contributed by atoms with van der Waals surface area (Å²) in [6, 6.07) is 13.7. The van der Waals surface area contributed by atoms with E-state index in [0.717, 1.165) is 30.8 Å². The Balaban J connectivity index is 1.94. The standard InChI is InChI=1S/C18H22Cl2N2O/c1-22(2)9-8-21-12-15-10-16(19)18(17(20)11-15)23-13-14-6-4-3-5-7-14/h3-7,10-11,21H,8-9,12-13H2,1-2H3. The predicted octanol–water partition coefficient (Wildman–Crippen LogP) is 4.22. The number of ether oxygens (including phenoxy) is 1. The van der Waals surface area contributed by atoms with Gasteiger partial charge in [0.05, 0.1) is 10.0 Å². The molecule has 2 rings (SSSR count). The van der Waals surface area contributed by atoms with Gasteiger partial charge < -0.3 is 15.0 Å². The van der Waals surface area contributed by atoms with Crippen LogP contribution in [-0.2, 0) is 13.2 Å². The third-order valence-electron chi connectivity index (χ3n) is 3.35. The van der Waals surface area contributed by atoms with Crippen molar-refractivity contribution in [3.63, 3.8) is 0 Å². The predicted molar refractivity (Wildman–Crippen MR) is 97.5 cm³/mol. The zero-order valence-electron chi connectivity index (χ0n) is 13.5. The molecule has 0 saturated carbocycles. The summed E-state index contributed by atoms with van der Waals surface area (Å²) in [5.74, 6) is 0.536. The molecule has 0 bridgehead atoms. The van der Waals surface area contributed by atoms with E-state index in [9.17, 15) is 0 Å². The molecule has 0 aliphatic heterocycles. The molecule has 0 radical (unpaired) electrons. The van der Waals surface area contributed by atoms with Crippen molar-refractivity contribution in [3.05, 3.63) is 63.6 Å². The van der Waals surface area contributed by atoms with Gasteiger partial charge in [-0.1, -0.05) is 53.5 Å². The fourth-order valence-corrected chi connectivity index (χ4v) is 2.76. The van der Waals surface area contributed by atoms with Crippen LogP contribution in [0, 0.1) is 0 Å². The van der Waals surface area contributed by atoms with Crippen LogP contribution in [0.5, 0.6) is 5.75 Å². The molecule has 0 aliphatic rings. The SMILES string of the molecule is CN(C)CCNCc1cc(Cl)c(OCc2ccccc2)c(Cl)c1. The highest BCUT2D eigenvalue weighted by atomic mass is 35.5. The van der Waals surface area contributed by atoms with Crippen molar-refractivity contribution >= 4 is 23.2 Å². The summed E-state index contributed by atoms with van der Waals surface area (Å²) in [6.07, 6.45) is 0. The van der Waals surface area contributed by atoms with Crippen LogP contribution in [0.2, 0.25) is 10.0 Å². The van der Waals surface area contributed by atoms with Crippen LogP contribution in [0.15, 0.2) is 42.5 Å². The molecule has 124 valence electrons. The average molecular weight is 353 g/mol. The van der Waals surface area contributed by atoms with Gasteiger partial charge in [-0.15, -0.1) is 0 Å². The highest BCUT2D eigenvalue weighted by Gasteiger charge is 2.10. The molecule has 0 atom stereocenters.